The molecular weight excluding hydrogens is 392 g/mol. The molecule has 1 saturated heterocycles. The molecule has 1 aliphatic heterocycles. The van der Waals surface area contributed by atoms with E-state index in [9.17, 15) is 9.59 Å². The third-order valence-electron chi connectivity index (χ3n) is 5.69. The summed E-state index contributed by atoms with van der Waals surface area (Å²) in [5.74, 6) is 0.992. The van der Waals surface area contributed by atoms with Gasteiger partial charge in [-0.2, -0.15) is 0 Å². The number of nitrogens with one attached hydrogen (secondary N) is 1. The Kier molecular flexibility index (Phi) is 6.50. The third-order valence-corrected chi connectivity index (χ3v) is 5.69. The zero-order valence-corrected chi connectivity index (χ0v) is 17.8. The van der Waals surface area contributed by atoms with E-state index < -0.39 is 0 Å². The topological polar surface area (TPSA) is 78.5 Å². The zero-order valence-electron chi connectivity index (χ0n) is 17.8. The van der Waals surface area contributed by atoms with Crippen LogP contribution in [0.4, 0.5) is 0 Å². The van der Waals surface area contributed by atoms with Crippen molar-refractivity contribution in [2.24, 2.45) is 0 Å². The van der Waals surface area contributed by atoms with Crippen LogP contribution in [0.1, 0.15) is 35.2 Å². The summed E-state index contributed by atoms with van der Waals surface area (Å²) >= 11 is 0. The highest BCUT2D eigenvalue weighted by molar-refractivity contribution is 5.97. The summed E-state index contributed by atoms with van der Waals surface area (Å²) in [6.07, 6.45) is 3.54. The molecule has 3 aromatic rings. The van der Waals surface area contributed by atoms with E-state index in [1.54, 1.807) is 6.33 Å². The lowest BCUT2D eigenvalue weighted by Gasteiger charge is -2.22. The second kappa shape index (κ2) is 9.64. The van der Waals surface area contributed by atoms with Gasteiger partial charge in [0, 0.05) is 38.2 Å². The molecule has 7 heteroatoms. The average Bonchev–Trinajstić information content (AvgIpc) is 3.11. The smallest absolute Gasteiger partial charge is 0.253 e. The van der Waals surface area contributed by atoms with Crippen molar-refractivity contribution in [1.29, 1.82) is 0 Å². The predicted octanol–water partition coefficient (Wildman–Crippen LogP) is 3.41. The first-order valence-corrected chi connectivity index (χ1v) is 10.8. The van der Waals surface area contributed by atoms with Crippen molar-refractivity contribution in [2.45, 2.75) is 26.2 Å². The molecule has 0 saturated carbocycles. The number of rotatable bonds is 6. The quantitative estimate of drug-likeness (QED) is 0.620. The maximum Gasteiger partial charge on any atom is 0.253 e. The minimum absolute atomic E-state index is 0.00238. The highest BCUT2D eigenvalue weighted by atomic mass is 16.5. The van der Waals surface area contributed by atoms with E-state index in [1.165, 1.54) is 0 Å². The summed E-state index contributed by atoms with van der Waals surface area (Å²) < 4.78 is 5.79. The molecule has 0 bridgehead atoms. The number of aryl methyl sites for hydroxylation is 1. The molecule has 0 aliphatic carbocycles. The Morgan fingerprint density at radius 1 is 1.06 bits per heavy atom. The van der Waals surface area contributed by atoms with E-state index in [0.717, 1.165) is 28.8 Å². The summed E-state index contributed by atoms with van der Waals surface area (Å²) in [5, 5.41) is 0. The van der Waals surface area contributed by atoms with Gasteiger partial charge in [0.1, 0.15) is 5.75 Å². The van der Waals surface area contributed by atoms with Crippen LogP contribution in [0.2, 0.25) is 0 Å². The normalized spacial score (nSPS) is 14.5. The lowest BCUT2D eigenvalue weighted by atomic mass is 10.1. The largest absolute Gasteiger partial charge is 0.493 e. The van der Waals surface area contributed by atoms with Gasteiger partial charge in [-0.25, -0.2) is 4.98 Å². The number of aromatic amines is 1. The van der Waals surface area contributed by atoms with Gasteiger partial charge in [-0.15, -0.1) is 0 Å². The number of amides is 2. The molecule has 7 nitrogen and oxygen atoms in total. The molecule has 0 atom stereocenters. The van der Waals surface area contributed by atoms with Crippen molar-refractivity contribution in [3.8, 4) is 5.75 Å². The number of hydrogen-bond acceptors (Lipinski definition) is 4. The Bertz CT molecular complexity index is 1060. The molecule has 4 rings (SSSR count). The van der Waals surface area contributed by atoms with E-state index in [0.29, 0.717) is 51.2 Å². The molecule has 0 unspecified atom stereocenters. The molecule has 1 aromatic heterocycles. The van der Waals surface area contributed by atoms with Gasteiger partial charge in [-0.3, -0.25) is 9.59 Å². The summed E-state index contributed by atoms with van der Waals surface area (Å²) in [7, 11) is 0. The Labute approximate surface area is 182 Å². The van der Waals surface area contributed by atoms with E-state index >= 15 is 0 Å². The number of hydrogen-bond donors (Lipinski definition) is 1. The first-order valence-electron chi connectivity index (χ1n) is 10.8. The van der Waals surface area contributed by atoms with Gasteiger partial charge >= 0.3 is 0 Å². The molecule has 1 aliphatic rings. The van der Waals surface area contributed by atoms with E-state index in [-0.39, 0.29) is 11.8 Å². The van der Waals surface area contributed by atoms with Gasteiger partial charge in [0.05, 0.1) is 24.0 Å². The third kappa shape index (κ3) is 5.05. The van der Waals surface area contributed by atoms with Gasteiger partial charge in [-0.05, 0) is 49.6 Å². The number of imidazole rings is 1. The van der Waals surface area contributed by atoms with E-state index in [1.807, 2.05) is 59.2 Å². The summed E-state index contributed by atoms with van der Waals surface area (Å²) in [5.41, 5.74) is 3.43. The lowest BCUT2D eigenvalue weighted by Crippen LogP contribution is -2.37. The fraction of sp³-hybridized carbons (Fsp3) is 0.375. The maximum absolute atomic E-state index is 12.9. The van der Waals surface area contributed by atoms with Crippen molar-refractivity contribution in [2.75, 3.05) is 32.8 Å². The fourth-order valence-corrected chi connectivity index (χ4v) is 3.90. The molecule has 2 amide bonds. The molecule has 31 heavy (non-hydrogen) atoms. The summed E-state index contributed by atoms with van der Waals surface area (Å²) in [4.78, 5) is 36.5. The van der Waals surface area contributed by atoms with Crippen molar-refractivity contribution >= 4 is 22.8 Å². The number of ether oxygens (including phenoxy) is 1. The number of aromatic nitrogens is 2. The van der Waals surface area contributed by atoms with E-state index in [4.69, 9.17) is 4.74 Å². The number of fused-ring (bicyclic) bond motifs is 1. The molecule has 162 valence electrons. The molecule has 1 fully saturated rings. The fourth-order valence-electron chi connectivity index (χ4n) is 3.90. The van der Waals surface area contributed by atoms with Gasteiger partial charge in [0.2, 0.25) is 5.91 Å². The maximum atomic E-state index is 12.9. The highest BCUT2D eigenvalue weighted by Gasteiger charge is 2.23. The molecule has 1 N–H and O–H groups in total. The second-order valence-electron chi connectivity index (χ2n) is 7.88. The molecule has 0 radical (unpaired) electrons. The Morgan fingerprint density at radius 3 is 2.74 bits per heavy atom. The van der Waals surface area contributed by atoms with Crippen LogP contribution in [0.5, 0.6) is 5.75 Å². The van der Waals surface area contributed by atoms with Crippen LogP contribution in [0, 0.1) is 6.92 Å². The number of carbonyl (C=O) groups excluding carboxylic acids is 2. The van der Waals surface area contributed by atoms with Gasteiger partial charge in [-0.1, -0.05) is 18.2 Å². The first kappa shape index (κ1) is 20.9. The van der Waals surface area contributed by atoms with Crippen LogP contribution in [-0.2, 0) is 4.79 Å². The summed E-state index contributed by atoms with van der Waals surface area (Å²) in [6.45, 7) is 4.98. The lowest BCUT2D eigenvalue weighted by molar-refractivity contribution is -0.131. The Hall–Kier alpha value is -3.35. The predicted molar refractivity (Wildman–Crippen MR) is 119 cm³/mol. The van der Waals surface area contributed by atoms with Crippen LogP contribution in [0.15, 0.2) is 48.8 Å². The molecular formula is C24H28N4O3. The monoisotopic (exact) mass is 420 g/mol. The SMILES string of the molecule is Cc1ccccc1OCCCC(=O)N1CCCN(C(=O)c2ccc3nc[nH]c3c2)CC1. The minimum atomic E-state index is -0.00238. The second-order valence-corrected chi connectivity index (χ2v) is 7.88. The molecule has 2 aromatic carbocycles. The van der Waals surface area contributed by atoms with Gasteiger partial charge < -0.3 is 19.5 Å². The van der Waals surface area contributed by atoms with Crippen LogP contribution in [0.3, 0.4) is 0 Å². The standard InChI is InChI=1S/C24H28N4O3/c1-18-6-2-3-7-22(18)31-15-4-8-23(29)27-11-5-12-28(14-13-27)24(30)19-9-10-20-21(16-19)26-17-25-20/h2-3,6-7,9-10,16-17H,4-5,8,11-15H2,1H3,(H,25,26). The van der Waals surface area contributed by atoms with Crippen LogP contribution in [0.25, 0.3) is 11.0 Å². The van der Waals surface area contributed by atoms with Crippen molar-refractivity contribution in [1.82, 2.24) is 19.8 Å². The molecule has 0 spiro atoms. The van der Waals surface area contributed by atoms with Crippen LogP contribution < -0.4 is 4.74 Å². The Morgan fingerprint density at radius 2 is 1.87 bits per heavy atom. The number of benzene rings is 2. The van der Waals surface area contributed by atoms with E-state index in [2.05, 4.69) is 9.97 Å². The van der Waals surface area contributed by atoms with Crippen molar-refractivity contribution < 1.29 is 14.3 Å². The first-order chi connectivity index (χ1) is 15.1. The number of carbonyl (C=O) groups is 2. The van der Waals surface area contributed by atoms with Gasteiger partial charge in [0.25, 0.3) is 5.91 Å². The minimum Gasteiger partial charge on any atom is -0.493 e. The number of para-hydroxylation sites is 1. The number of nitrogens with zero attached hydrogens (tertiary/aromatic N) is 3. The average molecular weight is 421 g/mol. The van der Waals surface area contributed by atoms with Crippen LogP contribution >= 0.6 is 0 Å². The van der Waals surface area contributed by atoms with Crippen molar-refractivity contribution in [3.63, 3.8) is 0 Å². The van der Waals surface area contributed by atoms with Crippen molar-refractivity contribution in [3.05, 3.63) is 59.9 Å². The summed E-state index contributed by atoms with van der Waals surface area (Å²) in [6, 6.07) is 13.4. The van der Waals surface area contributed by atoms with Gasteiger partial charge in [0.15, 0.2) is 0 Å². The Balaban J connectivity index is 1.25. The zero-order chi connectivity index (χ0) is 21.6. The highest BCUT2D eigenvalue weighted by Crippen LogP contribution is 2.17. The molecule has 2 heterocycles. The van der Waals surface area contributed by atoms with Crippen LogP contribution in [-0.4, -0.2) is 64.4 Å². The number of H-pyrrole nitrogens is 1.